The number of Topliss-reactive ketones (excluding diaryl/α,β-unsaturated/α-hetero) is 1. The molecule has 1 aliphatic carbocycles. The van der Waals surface area contributed by atoms with Crippen LogP contribution < -0.4 is 0 Å². The SMILES string of the molecule is C=CCC1=Cc2cc(O)ccc2C(CC=C)(CC=C)C1=O. The molecule has 0 atom stereocenters. The van der Waals surface area contributed by atoms with Gasteiger partial charge in [0.25, 0.3) is 0 Å². The first kappa shape index (κ1) is 15.0. The summed E-state index contributed by atoms with van der Waals surface area (Å²) in [5.41, 5.74) is 1.86. The molecule has 0 saturated heterocycles. The Labute approximate surface area is 125 Å². The minimum absolute atomic E-state index is 0.0976. The van der Waals surface area contributed by atoms with E-state index in [0.717, 1.165) is 11.1 Å². The Bertz CT molecular complexity index is 625. The Morgan fingerprint density at radius 2 is 1.76 bits per heavy atom. The molecule has 0 radical (unpaired) electrons. The van der Waals surface area contributed by atoms with Gasteiger partial charge in [0.2, 0.25) is 0 Å². The minimum atomic E-state index is -0.667. The van der Waals surface area contributed by atoms with Crippen molar-refractivity contribution < 1.29 is 9.90 Å². The summed E-state index contributed by atoms with van der Waals surface area (Å²) < 4.78 is 0. The predicted molar refractivity (Wildman–Crippen MR) is 87.2 cm³/mol. The Morgan fingerprint density at radius 3 is 2.33 bits per heavy atom. The molecule has 1 aliphatic rings. The molecule has 2 nitrogen and oxygen atoms in total. The van der Waals surface area contributed by atoms with E-state index in [1.165, 1.54) is 0 Å². The number of allylic oxidation sites excluding steroid dienone is 4. The first-order valence-electron chi connectivity index (χ1n) is 7.00. The van der Waals surface area contributed by atoms with E-state index < -0.39 is 5.41 Å². The van der Waals surface area contributed by atoms with Gasteiger partial charge in [-0.1, -0.05) is 24.3 Å². The molecule has 1 aromatic rings. The molecule has 0 unspecified atom stereocenters. The van der Waals surface area contributed by atoms with Crippen molar-refractivity contribution in [2.45, 2.75) is 24.7 Å². The third kappa shape index (κ3) is 2.49. The van der Waals surface area contributed by atoms with Crippen molar-refractivity contribution in [1.29, 1.82) is 0 Å². The highest BCUT2D eigenvalue weighted by atomic mass is 16.3. The molecule has 0 amide bonds. The van der Waals surface area contributed by atoms with Crippen LogP contribution in [0.2, 0.25) is 0 Å². The zero-order valence-corrected chi connectivity index (χ0v) is 12.1. The van der Waals surface area contributed by atoms with Crippen molar-refractivity contribution in [3.63, 3.8) is 0 Å². The summed E-state index contributed by atoms with van der Waals surface area (Å²) >= 11 is 0. The molecule has 0 spiro atoms. The Hall–Kier alpha value is -2.35. The largest absolute Gasteiger partial charge is 0.508 e. The van der Waals surface area contributed by atoms with Crippen molar-refractivity contribution in [3.05, 3.63) is 72.9 Å². The molecular weight excluding hydrogens is 260 g/mol. The van der Waals surface area contributed by atoms with Crippen LogP contribution in [0.15, 0.2) is 61.7 Å². The van der Waals surface area contributed by atoms with Crippen molar-refractivity contribution in [2.24, 2.45) is 0 Å². The van der Waals surface area contributed by atoms with Crippen LogP contribution in [0.25, 0.3) is 6.08 Å². The summed E-state index contributed by atoms with van der Waals surface area (Å²) in [5.74, 6) is 0.295. The molecule has 0 bridgehead atoms. The highest BCUT2D eigenvalue weighted by Gasteiger charge is 2.42. The van der Waals surface area contributed by atoms with Crippen molar-refractivity contribution in [1.82, 2.24) is 0 Å². The summed E-state index contributed by atoms with van der Waals surface area (Å²) in [5, 5.41) is 9.73. The summed E-state index contributed by atoms with van der Waals surface area (Å²) in [4.78, 5) is 13.0. The quantitative estimate of drug-likeness (QED) is 0.788. The highest BCUT2D eigenvalue weighted by molar-refractivity contribution is 6.10. The van der Waals surface area contributed by atoms with E-state index >= 15 is 0 Å². The molecule has 2 heteroatoms. The average Bonchev–Trinajstić information content (AvgIpc) is 2.45. The van der Waals surface area contributed by atoms with Gasteiger partial charge < -0.3 is 5.11 Å². The second-order valence-corrected chi connectivity index (χ2v) is 5.33. The fourth-order valence-corrected chi connectivity index (χ4v) is 3.08. The predicted octanol–water partition coefficient (Wildman–Crippen LogP) is 4.32. The molecule has 2 rings (SSSR count). The number of hydrogen-bond acceptors (Lipinski definition) is 2. The third-order valence-electron chi connectivity index (χ3n) is 3.96. The fraction of sp³-hybridized carbons (Fsp3) is 0.211. The maximum Gasteiger partial charge on any atom is 0.170 e. The summed E-state index contributed by atoms with van der Waals surface area (Å²) in [6.45, 7) is 11.3. The standard InChI is InChI=1S/C19H20O2/c1-4-7-14-12-15-13-16(20)8-9-17(15)19(10-5-2,11-6-3)18(14)21/h4-6,8-9,12-13,20H,1-3,7,10-11H2. The summed E-state index contributed by atoms with van der Waals surface area (Å²) in [6.07, 6.45) is 8.73. The van der Waals surface area contributed by atoms with Gasteiger partial charge in [0.15, 0.2) is 5.78 Å². The number of benzene rings is 1. The Morgan fingerprint density at radius 1 is 1.10 bits per heavy atom. The first-order valence-corrected chi connectivity index (χ1v) is 7.00. The van der Waals surface area contributed by atoms with Crippen LogP contribution in [0.4, 0.5) is 0 Å². The number of hydrogen-bond donors (Lipinski definition) is 1. The van der Waals surface area contributed by atoms with Crippen LogP contribution in [-0.2, 0) is 10.2 Å². The third-order valence-corrected chi connectivity index (χ3v) is 3.96. The maximum atomic E-state index is 13.0. The van der Waals surface area contributed by atoms with E-state index in [1.807, 2.05) is 12.1 Å². The Balaban J connectivity index is 2.72. The lowest BCUT2D eigenvalue weighted by molar-refractivity contribution is -0.121. The van der Waals surface area contributed by atoms with Gasteiger partial charge in [-0.15, -0.1) is 19.7 Å². The Kier molecular flexibility index (Phi) is 4.27. The number of phenolic OH excluding ortho intramolecular Hbond substituents is 1. The number of carbonyl (C=O) groups excluding carboxylic acids is 1. The van der Waals surface area contributed by atoms with Crippen LogP contribution >= 0.6 is 0 Å². The lowest BCUT2D eigenvalue weighted by Gasteiger charge is -2.36. The molecule has 0 saturated carbocycles. The molecule has 1 aromatic carbocycles. The van der Waals surface area contributed by atoms with Crippen LogP contribution in [0.1, 0.15) is 30.4 Å². The first-order chi connectivity index (χ1) is 10.1. The van der Waals surface area contributed by atoms with Gasteiger partial charge in [0.05, 0.1) is 5.41 Å². The van der Waals surface area contributed by atoms with Crippen molar-refractivity contribution >= 4 is 11.9 Å². The van der Waals surface area contributed by atoms with Crippen molar-refractivity contribution in [2.75, 3.05) is 0 Å². The average molecular weight is 280 g/mol. The van der Waals surface area contributed by atoms with Gasteiger partial charge >= 0.3 is 0 Å². The summed E-state index contributed by atoms with van der Waals surface area (Å²) in [6, 6.07) is 5.15. The van der Waals surface area contributed by atoms with Crippen molar-refractivity contribution in [3.8, 4) is 5.75 Å². The normalized spacial score (nSPS) is 15.8. The fourth-order valence-electron chi connectivity index (χ4n) is 3.08. The van der Waals surface area contributed by atoms with Crippen LogP contribution in [-0.4, -0.2) is 10.9 Å². The number of rotatable bonds is 6. The van der Waals surface area contributed by atoms with Gasteiger partial charge in [-0.05, 0) is 48.6 Å². The van der Waals surface area contributed by atoms with E-state index in [-0.39, 0.29) is 11.5 Å². The van der Waals surface area contributed by atoms with E-state index in [1.54, 1.807) is 30.4 Å². The monoisotopic (exact) mass is 280 g/mol. The number of ketones is 1. The number of carbonyl (C=O) groups is 1. The van der Waals surface area contributed by atoms with Gasteiger partial charge in [0, 0.05) is 5.57 Å². The topological polar surface area (TPSA) is 37.3 Å². The van der Waals surface area contributed by atoms with Gasteiger partial charge in [-0.3, -0.25) is 4.79 Å². The molecule has 0 aromatic heterocycles. The molecule has 21 heavy (non-hydrogen) atoms. The molecule has 0 fully saturated rings. The smallest absolute Gasteiger partial charge is 0.170 e. The maximum absolute atomic E-state index is 13.0. The number of phenols is 1. The van der Waals surface area contributed by atoms with E-state index in [0.29, 0.717) is 24.8 Å². The van der Waals surface area contributed by atoms with Gasteiger partial charge in [0.1, 0.15) is 5.75 Å². The molecular formula is C19H20O2. The summed E-state index contributed by atoms with van der Waals surface area (Å²) in [7, 11) is 0. The molecule has 108 valence electrons. The minimum Gasteiger partial charge on any atom is -0.508 e. The molecule has 1 N–H and O–H groups in total. The zero-order valence-electron chi connectivity index (χ0n) is 12.1. The van der Waals surface area contributed by atoms with Gasteiger partial charge in [-0.2, -0.15) is 0 Å². The van der Waals surface area contributed by atoms with Crippen LogP contribution in [0.3, 0.4) is 0 Å². The number of aromatic hydroxyl groups is 1. The zero-order chi connectivity index (χ0) is 15.5. The second kappa shape index (κ2) is 5.96. The number of fused-ring (bicyclic) bond motifs is 1. The van der Waals surface area contributed by atoms with E-state index in [4.69, 9.17) is 0 Å². The van der Waals surface area contributed by atoms with Crippen LogP contribution in [0, 0.1) is 0 Å². The second-order valence-electron chi connectivity index (χ2n) is 5.33. The molecule has 0 heterocycles. The lowest BCUT2D eigenvalue weighted by Crippen LogP contribution is -2.39. The van der Waals surface area contributed by atoms with Crippen LogP contribution in [0.5, 0.6) is 5.75 Å². The van der Waals surface area contributed by atoms with E-state index in [9.17, 15) is 9.90 Å². The highest BCUT2D eigenvalue weighted by Crippen LogP contribution is 2.43. The molecule has 0 aliphatic heterocycles. The van der Waals surface area contributed by atoms with E-state index in [2.05, 4.69) is 19.7 Å². The van der Waals surface area contributed by atoms with Gasteiger partial charge in [-0.25, -0.2) is 0 Å². The lowest BCUT2D eigenvalue weighted by atomic mass is 9.65.